The minimum atomic E-state index is 0. The van der Waals surface area contributed by atoms with Gasteiger partial charge in [0.05, 0.1) is 0 Å². The van der Waals surface area contributed by atoms with Crippen molar-refractivity contribution in [2.24, 2.45) is 68.0 Å². The maximum atomic E-state index is 2.49. The summed E-state index contributed by atoms with van der Waals surface area (Å²) in [5.41, 5.74) is 3.54. The van der Waals surface area contributed by atoms with Gasteiger partial charge in [-0.2, -0.15) is 0 Å². The maximum Gasteiger partial charge on any atom is -0.0272 e. The lowest BCUT2D eigenvalue weighted by Crippen LogP contribution is -2.52. The summed E-state index contributed by atoms with van der Waals surface area (Å²) in [6, 6.07) is 0. The van der Waals surface area contributed by atoms with Crippen molar-refractivity contribution < 1.29 is 0 Å². The number of rotatable bonds is 0. The molecule has 212 valence electrons. The Balaban J connectivity index is 0.000000149. The van der Waals surface area contributed by atoms with Gasteiger partial charge in [0.2, 0.25) is 0 Å². The van der Waals surface area contributed by atoms with E-state index in [2.05, 4.69) is 83.1 Å². The second-order valence-electron chi connectivity index (χ2n) is 18.0. The Hall–Kier alpha value is 0. The van der Waals surface area contributed by atoms with Gasteiger partial charge in [0.15, 0.2) is 0 Å². The Morgan fingerprint density at radius 3 is 1.19 bits per heavy atom. The van der Waals surface area contributed by atoms with Crippen LogP contribution in [-0.2, 0) is 0 Å². The van der Waals surface area contributed by atoms with Crippen molar-refractivity contribution in [2.45, 2.75) is 161 Å². The van der Waals surface area contributed by atoms with Crippen molar-refractivity contribution in [3.8, 4) is 0 Å². The van der Waals surface area contributed by atoms with Gasteiger partial charge in [-0.1, -0.05) is 103 Å². The van der Waals surface area contributed by atoms with Crippen LogP contribution in [0.3, 0.4) is 0 Å². The smallest absolute Gasteiger partial charge is 0.0272 e. The highest BCUT2D eigenvalue weighted by Crippen LogP contribution is 2.65. The van der Waals surface area contributed by atoms with E-state index in [9.17, 15) is 0 Å². The van der Waals surface area contributed by atoms with Crippen molar-refractivity contribution in [3.05, 3.63) is 0 Å². The van der Waals surface area contributed by atoms with Gasteiger partial charge in [-0.25, -0.2) is 0 Å². The van der Waals surface area contributed by atoms with E-state index in [0.29, 0.717) is 32.5 Å². The van der Waals surface area contributed by atoms with Crippen LogP contribution in [0.2, 0.25) is 0 Å². The first-order valence-corrected chi connectivity index (χ1v) is 15.8. The zero-order valence-electron chi connectivity index (χ0n) is 26.2. The molecule has 0 heterocycles. The molecule has 0 N–H and O–H groups in total. The molecule has 0 spiro atoms. The van der Waals surface area contributed by atoms with Crippen LogP contribution in [0.25, 0.3) is 0 Å². The van der Waals surface area contributed by atoms with Crippen LogP contribution in [0, 0.1) is 68.0 Å². The average Bonchev–Trinajstić information content (AvgIpc) is 3.19. The summed E-state index contributed by atoms with van der Waals surface area (Å²) < 4.78 is 0. The molecule has 0 amide bonds. The SMILES string of the molecule is C.CC1(C)C2CCCC(C2)C1(C)C.CC1(C)CC2CC(C2)C1(C)C.CC1(C)CC2CCC(C2)C1(C)C. The van der Waals surface area contributed by atoms with E-state index >= 15 is 0 Å². The highest BCUT2D eigenvalue weighted by molar-refractivity contribution is 5.05. The Bertz CT molecular complexity index is 722. The van der Waals surface area contributed by atoms with E-state index in [1.165, 1.54) is 70.6 Å². The normalized spacial score (nSPS) is 42.3. The molecule has 7 aliphatic carbocycles. The highest BCUT2D eigenvalue weighted by atomic mass is 14.6. The van der Waals surface area contributed by atoms with E-state index in [1.54, 1.807) is 0 Å². The average molecular weight is 501 g/mol. The topological polar surface area (TPSA) is 0 Å². The Kier molecular flexibility index (Phi) is 8.12. The third-order valence-electron chi connectivity index (χ3n) is 15.3. The van der Waals surface area contributed by atoms with Gasteiger partial charge < -0.3 is 0 Å². The summed E-state index contributed by atoms with van der Waals surface area (Å²) >= 11 is 0. The molecule has 0 saturated heterocycles. The molecule has 36 heavy (non-hydrogen) atoms. The minimum Gasteiger partial charge on any atom is -0.0776 e. The van der Waals surface area contributed by atoms with Crippen LogP contribution in [0.1, 0.15) is 161 Å². The molecule has 7 aliphatic rings. The van der Waals surface area contributed by atoms with Crippen LogP contribution in [0.5, 0.6) is 0 Å². The molecule has 0 aromatic carbocycles. The zero-order chi connectivity index (χ0) is 26.2. The molecule has 0 radical (unpaired) electrons. The lowest BCUT2D eigenvalue weighted by atomic mass is 9.44. The van der Waals surface area contributed by atoms with E-state index in [4.69, 9.17) is 0 Å². The molecule has 7 rings (SSSR count). The summed E-state index contributed by atoms with van der Waals surface area (Å²) in [6.45, 7) is 29.7. The fourth-order valence-electron chi connectivity index (χ4n) is 10.0. The van der Waals surface area contributed by atoms with E-state index in [1.807, 2.05) is 0 Å². The molecular formula is C36H68. The van der Waals surface area contributed by atoms with Gasteiger partial charge in [0.25, 0.3) is 0 Å². The lowest BCUT2D eigenvalue weighted by Gasteiger charge is -2.61. The Labute approximate surface area is 228 Å². The molecule has 4 atom stereocenters. The lowest BCUT2D eigenvalue weighted by molar-refractivity contribution is -0.112. The van der Waals surface area contributed by atoms with Gasteiger partial charge in [-0.15, -0.1) is 0 Å². The molecule has 7 saturated carbocycles. The standard InChI is InChI=1S/2C12H22.C11H20.CH4/c1-11(2)8-9-5-6-10(7-9)12(11,3)4;1-11(2)9-6-5-7-10(8-9)12(11,3)4;1-10(2)7-8-5-9(6-8)11(10,3)4;/h2*9-10H,5-8H2,1-4H3;8-9H,5-7H2,1-4H3;1H4. The van der Waals surface area contributed by atoms with Crippen molar-refractivity contribution in [3.63, 3.8) is 0 Å². The predicted molar refractivity (Wildman–Crippen MR) is 161 cm³/mol. The van der Waals surface area contributed by atoms with Crippen LogP contribution >= 0.6 is 0 Å². The summed E-state index contributed by atoms with van der Waals surface area (Å²) in [4.78, 5) is 0. The summed E-state index contributed by atoms with van der Waals surface area (Å²) in [7, 11) is 0. The fourth-order valence-corrected chi connectivity index (χ4v) is 10.0. The minimum absolute atomic E-state index is 0. The second-order valence-corrected chi connectivity index (χ2v) is 18.0. The van der Waals surface area contributed by atoms with Crippen molar-refractivity contribution >= 4 is 0 Å². The zero-order valence-corrected chi connectivity index (χ0v) is 26.2. The fraction of sp³-hybridized carbons (Fsp3) is 1.00. The second kappa shape index (κ2) is 9.58. The third-order valence-corrected chi connectivity index (χ3v) is 15.3. The van der Waals surface area contributed by atoms with Crippen LogP contribution in [-0.4, -0.2) is 0 Å². The molecular weight excluding hydrogens is 432 g/mol. The summed E-state index contributed by atoms with van der Waals surface area (Å²) in [5.74, 6) is 6.25. The molecule has 0 heteroatoms. The molecule has 6 bridgehead atoms. The van der Waals surface area contributed by atoms with Crippen LogP contribution in [0.4, 0.5) is 0 Å². The number of hydrogen-bond acceptors (Lipinski definition) is 0. The first-order chi connectivity index (χ1) is 15.8. The number of fused-ring (bicyclic) bond motifs is 6. The van der Waals surface area contributed by atoms with Gasteiger partial charge in [-0.3, -0.25) is 0 Å². The molecule has 0 nitrogen and oxygen atoms in total. The van der Waals surface area contributed by atoms with E-state index < -0.39 is 0 Å². The van der Waals surface area contributed by atoms with Gasteiger partial charge >= 0.3 is 0 Å². The Morgan fingerprint density at radius 1 is 0.389 bits per heavy atom. The van der Waals surface area contributed by atoms with Crippen LogP contribution in [0.15, 0.2) is 0 Å². The van der Waals surface area contributed by atoms with E-state index in [-0.39, 0.29) is 7.43 Å². The van der Waals surface area contributed by atoms with Gasteiger partial charge in [0, 0.05) is 0 Å². The molecule has 0 aliphatic heterocycles. The van der Waals surface area contributed by atoms with Crippen molar-refractivity contribution in [1.29, 1.82) is 0 Å². The quantitative estimate of drug-likeness (QED) is 0.310. The highest BCUT2D eigenvalue weighted by Gasteiger charge is 2.56. The predicted octanol–water partition coefficient (Wildman–Crippen LogP) is 11.8. The van der Waals surface area contributed by atoms with Crippen molar-refractivity contribution in [1.82, 2.24) is 0 Å². The first-order valence-electron chi connectivity index (χ1n) is 15.8. The van der Waals surface area contributed by atoms with Gasteiger partial charge in [0.1, 0.15) is 0 Å². The molecule has 4 unspecified atom stereocenters. The van der Waals surface area contributed by atoms with Crippen LogP contribution < -0.4 is 0 Å². The first kappa shape index (κ1) is 30.5. The largest absolute Gasteiger partial charge is 0.0776 e. The van der Waals surface area contributed by atoms with E-state index in [0.717, 1.165) is 35.5 Å². The summed E-state index contributed by atoms with van der Waals surface area (Å²) in [5, 5.41) is 0. The Morgan fingerprint density at radius 2 is 0.778 bits per heavy atom. The monoisotopic (exact) mass is 501 g/mol. The maximum absolute atomic E-state index is 2.49. The van der Waals surface area contributed by atoms with Crippen molar-refractivity contribution in [2.75, 3.05) is 0 Å². The third kappa shape index (κ3) is 4.78. The molecule has 0 aromatic rings. The summed E-state index contributed by atoms with van der Waals surface area (Å²) in [6.07, 6.45) is 16.5. The number of hydrogen-bond donors (Lipinski definition) is 0. The molecule has 0 aromatic heterocycles. The van der Waals surface area contributed by atoms with Gasteiger partial charge in [-0.05, 0) is 126 Å². The molecule has 7 fully saturated rings.